The fourth-order valence-corrected chi connectivity index (χ4v) is 3.57. The standard InChI is InChI=1S/C20H21N3O3S/c1-3-13-4-6-15(7-5-13)22-20-23-18(24)12-17(27-20)19(25)21-14-8-10-16(26-2)11-9-14/h4-11,17H,3,12H2,1-2H3,(H,21,25)(H,22,23,24)/t17-/m1/s1. The number of rotatable bonds is 5. The highest BCUT2D eigenvalue weighted by Crippen LogP contribution is 2.25. The normalized spacial score (nSPS) is 18.1. The lowest BCUT2D eigenvalue weighted by atomic mass is 10.2. The van der Waals surface area contributed by atoms with Crippen LogP contribution in [0.25, 0.3) is 0 Å². The maximum absolute atomic E-state index is 12.6. The van der Waals surface area contributed by atoms with Gasteiger partial charge in [-0.05, 0) is 48.4 Å². The minimum Gasteiger partial charge on any atom is -0.497 e. The van der Waals surface area contributed by atoms with Crippen LogP contribution in [-0.2, 0) is 16.0 Å². The van der Waals surface area contributed by atoms with E-state index >= 15 is 0 Å². The van der Waals surface area contributed by atoms with Gasteiger partial charge in [0, 0.05) is 12.1 Å². The number of aliphatic imine (C=N–C) groups is 1. The van der Waals surface area contributed by atoms with Crippen LogP contribution < -0.4 is 15.4 Å². The first-order valence-electron chi connectivity index (χ1n) is 8.66. The molecule has 0 aliphatic carbocycles. The topological polar surface area (TPSA) is 79.8 Å². The number of ether oxygens (including phenoxy) is 1. The van der Waals surface area contributed by atoms with Crippen molar-refractivity contribution in [3.05, 3.63) is 54.1 Å². The van der Waals surface area contributed by atoms with Crippen LogP contribution in [0.4, 0.5) is 11.4 Å². The van der Waals surface area contributed by atoms with Crippen LogP contribution >= 0.6 is 11.8 Å². The molecule has 1 saturated heterocycles. The van der Waals surface area contributed by atoms with Crippen molar-refractivity contribution in [2.45, 2.75) is 25.0 Å². The minimum atomic E-state index is -0.533. The van der Waals surface area contributed by atoms with Gasteiger partial charge in [-0.15, -0.1) is 0 Å². The molecular formula is C20H21N3O3S. The van der Waals surface area contributed by atoms with Gasteiger partial charge in [0.15, 0.2) is 5.17 Å². The highest BCUT2D eigenvalue weighted by molar-refractivity contribution is 8.15. The SMILES string of the molecule is CCc1ccc(N=C2NC(=O)C[C@H](C(=O)Nc3ccc(OC)cc3)S2)cc1. The predicted molar refractivity (Wildman–Crippen MR) is 109 cm³/mol. The number of carbonyl (C=O) groups excluding carboxylic acids is 2. The molecule has 1 heterocycles. The van der Waals surface area contributed by atoms with Crippen LogP contribution in [0.15, 0.2) is 53.5 Å². The van der Waals surface area contributed by atoms with Crippen LogP contribution in [0.2, 0.25) is 0 Å². The van der Waals surface area contributed by atoms with Gasteiger partial charge in [-0.1, -0.05) is 30.8 Å². The van der Waals surface area contributed by atoms with Gasteiger partial charge in [-0.25, -0.2) is 4.99 Å². The first-order chi connectivity index (χ1) is 13.1. The van der Waals surface area contributed by atoms with Gasteiger partial charge in [0.1, 0.15) is 11.0 Å². The zero-order chi connectivity index (χ0) is 19.2. The zero-order valence-corrected chi connectivity index (χ0v) is 16.0. The third-order valence-electron chi connectivity index (χ3n) is 4.10. The smallest absolute Gasteiger partial charge is 0.238 e. The number of carbonyl (C=O) groups is 2. The molecule has 1 atom stereocenters. The Morgan fingerprint density at radius 2 is 1.93 bits per heavy atom. The number of hydrogen-bond donors (Lipinski definition) is 2. The number of methoxy groups -OCH3 is 1. The third kappa shape index (κ3) is 5.10. The van der Waals surface area contributed by atoms with Gasteiger partial charge in [0.2, 0.25) is 11.8 Å². The van der Waals surface area contributed by atoms with Gasteiger partial charge < -0.3 is 15.4 Å². The summed E-state index contributed by atoms with van der Waals surface area (Å²) in [5, 5.41) is 5.47. The van der Waals surface area contributed by atoms with Crippen molar-refractivity contribution in [1.29, 1.82) is 0 Å². The largest absolute Gasteiger partial charge is 0.497 e. The molecule has 1 aliphatic rings. The molecule has 6 nitrogen and oxygen atoms in total. The first kappa shape index (κ1) is 19.0. The van der Waals surface area contributed by atoms with Crippen molar-refractivity contribution in [1.82, 2.24) is 5.32 Å². The van der Waals surface area contributed by atoms with Crippen LogP contribution in [0.1, 0.15) is 18.9 Å². The van der Waals surface area contributed by atoms with E-state index in [1.165, 1.54) is 17.3 Å². The molecule has 140 valence electrons. The highest BCUT2D eigenvalue weighted by atomic mass is 32.2. The van der Waals surface area contributed by atoms with E-state index in [0.717, 1.165) is 12.1 Å². The van der Waals surface area contributed by atoms with Crippen LogP contribution in [0.3, 0.4) is 0 Å². The summed E-state index contributed by atoms with van der Waals surface area (Å²) in [5.41, 5.74) is 2.61. The van der Waals surface area contributed by atoms with E-state index in [2.05, 4.69) is 22.5 Å². The van der Waals surface area contributed by atoms with E-state index in [-0.39, 0.29) is 18.2 Å². The lowest BCUT2D eigenvalue weighted by Gasteiger charge is -2.22. The number of hydrogen-bond acceptors (Lipinski definition) is 5. The summed E-state index contributed by atoms with van der Waals surface area (Å²) in [6.45, 7) is 2.09. The predicted octanol–water partition coefficient (Wildman–Crippen LogP) is 3.51. The Morgan fingerprint density at radius 3 is 2.56 bits per heavy atom. The zero-order valence-electron chi connectivity index (χ0n) is 15.2. The Kier molecular flexibility index (Phi) is 6.13. The molecule has 2 aromatic rings. The summed E-state index contributed by atoms with van der Waals surface area (Å²) in [4.78, 5) is 29.0. The maximum atomic E-state index is 12.6. The number of nitrogens with one attached hydrogen (secondary N) is 2. The van der Waals surface area contributed by atoms with Gasteiger partial charge >= 0.3 is 0 Å². The number of nitrogens with zero attached hydrogens (tertiary/aromatic N) is 1. The van der Waals surface area contributed by atoms with Gasteiger partial charge in [0.25, 0.3) is 0 Å². The number of thioether (sulfide) groups is 1. The van der Waals surface area contributed by atoms with Gasteiger partial charge in [-0.2, -0.15) is 0 Å². The lowest BCUT2D eigenvalue weighted by molar-refractivity contribution is -0.123. The lowest BCUT2D eigenvalue weighted by Crippen LogP contribution is -2.41. The van der Waals surface area contributed by atoms with Crippen molar-refractivity contribution in [2.24, 2.45) is 4.99 Å². The van der Waals surface area contributed by atoms with Crippen molar-refractivity contribution in [2.75, 3.05) is 12.4 Å². The number of benzene rings is 2. The summed E-state index contributed by atoms with van der Waals surface area (Å²) in [7, 11) is 1.58. The second kappa shape index (κ2) is 8.73. The Balaban J connectivity index is 1.68. The van der Waals surface area contributed by atoms with E-state index in [0.29, 0.717) is 16.6 Å². The summed E-state index contributed by atoms with van der Waals surface area (Å²) in [6, 6.07) is 14.9. The second-order valence-electron chi connectivity index (χ2n) is 6.01. The molecule has 0 unspecified atom stereocenters. The summed E-state index contributed by atoms with van der Waals surface area (Å²) in [5.74, 6) is 0.268. The molecule has 0 spiro atoms. The van der Waals surface area contributed by atoms with Crippen LogP contribution in [0.5, 0.6) is 5.75 Å². The number of aryl methyl sites for hydroxylation is 1. The molecule has 27 heavy (non-hydrogen) atoms. The molecular weight excluding hydrogens is 362 g/mol. The third-order valence-corrected chi connectivity index (χ3v) is 5.18. The molecule has 2 aromatic carbocycles. The molecule has 7 heteroatoms. The first-order valence-corrected chi connectivity index (χ1v) is 9.54. The number of anilines is 1. The molecule has 3 rings (SSSR count). The molecule has 2 amide bonds. The van der Waals surface area contributed by atoms with Crippen molar-refractivity contribution < 1.29 is 14.3 Å². The Labute approximate surface area is 162 Å². The highest BCUT2D eigenvalue weighted by Gasteiger charge is 2.30. The Bertz CT molecular complexity index is 848. The van der Waals surface area contributed by atoms with Crippen LogP contribution in [-0.4, -0.2) is 29.3 Å². The van der Waals surface area contributed by atoms with E-state index in [9.17, 15) is 9.59 Å². The molecule has 2 N–H and O–H groups in total. The fourth-order valence-electron chi connectivity index (χ4n) is 2.57. The fraction of sp³-hybridized carbons (Fsp3) is 0.250. The van der Waals surface area contributed by atoms with Crippen molar-refractivity contribution in [3.63, 3.8) is 0 Å². The van der Waals surface area contributed by atoms with Crippen molar-refractivity contribution in [3.8, 4) is 5.75 Å². The summed E-state index contributed by atoms with van der Waals surface area (Å²) >= 11 is 1.26. The monoisotopic (exact) mass is 383 g/mol. The minimum absolute atomic E-state index is 0.112. The van der Waals surface area contributed by atoms with Gasteiger partial charge in [-0.3, -0.25) is 9.59 Å². The molecule has 0 saturated carbocycles. The Hall–Kier alpha value is -2.80. The maximum Gasteiger partial charge on any atom is 0.238 e. The Morgan fingerprint density at radius 1 is 1.22 bits per heavy atom. The van der Waals surface area contributed by atoms with Crippen molar-refractivity contribution >= 4 is 40.1 Å². The molecule has 0 radical (unpaired) electrons. The summed E-state index contributed by atoms with van der Waals surface area (Å²) < 4.78 is 5.10. The number of amides is 2. The molecule has 0 bridgehead atoms. The van der Waals surface area contributed by atoms with E-state index < -0.39 is 5.25 Å². The average molecular weight is 383 g/mol. The summed E-state index contributed by atoms with van der Waals surface area (Å²) in [6.07, 6.45) is 1.07. The van der Waals surface area contributed by atoms with E-state index in [4.69, 9.17) is 4.74 Å². The molecule has 0 aromatic heterocycles. The second-order valence-corrected chi connectivity index (χ2v) is 7.20. The van der Waals surface area contributed by atoms with Gasteiger partial charge in [0.05, 0.1) is 12.8 Å². The molecule has 1 aliphatic heterocycles. The average Bonchev–Trinajstić information content (AvgIpc) is 2.68. The van der Waals surface area contributed by atoms with E-state index in [1.807, 2.05) is 24.3 Å². The number of amidine groups is 1. The van der Waals surface area contributed by atoms with E-state index in [1.54, 1.807) is 31.4 Å². The quantitative estimate of drug-likeness (QED) is 0.828. The molecule has 1 fully saturated rings. The van der Waals surface area contributed by atoms with Crippen LogP contribution in [0, 0.1) is 0 Å².